The van der Waals surface area contributed by atoms with E-state index in [9.17, 15) is 5.11 Å². The lowest BCUT2D eigenvalue weighted by Crippen LogP contribution is -2.03. The molecule has 0 saturated carbocycles. The summed E-state index contributed by atoms with van der Waals surface area (Å²) in [5.74, 6) is 0.742. The van der Waals surface area contributed by atoms with Crippen molar-refractivity contribution in [2.24, 2.45) is 0 Å². The number of hydrogen-bond donors (Lipinski definition) is 1. The molecule has 0 aromatic heterocycles. The van der Waals surface area contributed by atoms with Crippen LogP contribution in [0.5, 0.6) is 5.75 Å². The number of benzene rings is 2. The molecule has 0 aliphatic rings. The van der Waals surface area contributed by atoms with Crippen LogP contribution in [-0.4, -0.2) is 11.7 Å². The first-order valence-corrected chi connectivity index (χ1v) is 5.77. The summed E-state index contributed by atoms with van der Waals surface area (Å²) in [6.45, 7) is 2.53. The topological polar surface area (TPSA) is 29.5 Å². The molecule has 0 fully saturated rings. The molecule has 2 aromatic carbocycles. The van der Waals surface area contributed by atoms with Gasteiger partial charge in [0.15, 0.2) is 0 Å². The van der Waals surface area contributed by atoms with Gasteiger partial charge in [-0.25, -0.2) is 0 Å². The lowest BCUT2D eigenvalue weighted by Gasteiger charge is -2.15. The third-order valence-corrected chi connectivity index (χ3v) is 2.63. The number of para-hydroxylation sites is 1. The molecule has 1 atom stereocenters. The Kier molecular flexibility index (Phi) is 3.78. The zero-order valence-electron chi connectivity index (χ0n) is 9.84. The quantitative estimate of drug-likeness (QED) is 0.871. The van der Waals surface area contributed by atoms with E-state index in [1.54, 1.807) is 0 Å². The van der Waals surface area contributed by atoms with Crippen molar-refractivity contribution in [2.75, 3.05) is 6.61 Å². The summed E-state index contributed by atoms with van der Waals surface area (Å²) in [4.78, 5) is 0. The second-order valence-corrected chi connectivity index (χ2v) is 3.78. The third-order valence-electron chi connectivity index (χ3n) is 2.63. The SMILES string of the molecule is CCOc1ccccc1C(O)c1ccccc1. The molecule has 17 heavy (non-hydrogen) atoms. The molecule has 0 aliphatic heterocycles. The molecule has 1 N–H and O–H groups in total. The molecule has 0 spiro atoms. The zero-order chi connectivity index (χ0) is 12.1. The Morgan fingerprint density at radius 1 is 1.00 bits per heavy atom. The summed E-state index contributed by atoms with van der Waals surface area (Å²) in [6.07, 6.45) is -0.640. The van der Waals surface area contributed by atoms with Crippen LogP contribution in [0.15, 0.2) is 54.6 Å². The molecule has 2 heteroatoms. The minimum absolute atomic E-state index is 0.596. The minimum atomic E-state index is -0.640. The molecule has 2 aromatic rings. The van der Waals surface area contributed by atoms with E-state index in [2.05, 4.69) is 0 Å². The summed E-state index contributed by atoms with van der Waals surface area (Å²) in [7, 11) is 0. The fourth-order valence-corrected chi connectivity index (χ4v) is 1.81. The largest absolute Gasteiger partial charge is 0.493 e. The Hall–Kier alpha value is -1.80. The van der Waals surface area contributed by atoms with Gasteiger partial charge in [0.2, 0.25) is 0 Å². The van der Waals surface area contributed by atoms with Gasteiger partial charge < -0.3 is 9.84 Å². The van der Waals surface area contributed by atoms with Gasteiger partial charge in [0.1, 0.15) is 11.9 Å². The van der Waals surface area contributed by atoms with E-state index < -0.39 is 6.10 Å². The van der Waals surface area contributed by atoms with E-state index in [0.29, 0.717) is 6.61 Å². The van der Waals surface area contributed by atoms with Crippen LogP contribution in [0.4, 0.5) is 0 Å². The van der Waals surface area contributed by atoms with Gasteiger partial charge in [-0.15, -0.1) is 0 Å². The molecule has 1 unspecified atom stereocenters. The van der Waals surface area contributed by atoms with Gasteiger partial charge in [-0.05, 0) is 18.6 Å². The van der Waals surface area contributed by atoms with Gasteiger partial charge in [0.25, 0.3) is 0 Å². The maximum absolute atomic E-state index is 10.3. The van der Waals surface area contributed by atoms with Crippen LogP contribution in [0.25, 0.3) is 0 Å². The monoisotopic (exact) mass is 228 g/mol. The van der Waals surface area contributed by atoms with Gasteiger partial charge >= 0.3 is 0 Å². The average molecular weight is 228 g/mol. The van der Waals surface area contributed by atoms with Crippen LogP contribution in [0.3, 0.4) is 0 Å². The Labute approximate surface area is 101 Å². The van der Waals surface area contributed by atoms with Gasteiger partial charge in [-0.2, -0.15) is 0 Å². The van der Waals surface area contributed by atoms with E-state index in [0.717, 1.165) is 16.9 Å². The average Bonchev–Trinajstić information content (AvgIpc) is 2.40. The number of aliphatic hydroxyl groups is 1. The molecule has 0 heterocycles. The Morgan fingerprint density at radius 2 is 1.65 bits per heavy atom. The van der Waals surface area contributed by atoms with E-state index >= 15 is 0 Å². The maximum Gasteiger partial charge on any atom is 0.125 e. The van der Waals surface area contributed by atoms with Crippen LogP contribution >= 0.6 is 0 Å². The van der Waals surface area contributed by atoms with E-state index in [1.807, 2.05) is 61.5 Å². The van der Waals surface area contributed by atoms with E-state index in [4.69, 9.17) is 4.74 Å². The lowest BCUT2D eigenvalue weighted by molar-refractivity contribution is 0.212. The summed E-state index contributed by atoms with van der Waals surface area (Å²) in [6, 6.07) is 17.2. The Balaban J connectivity index is 2.33. The number of ether oxygens (including phenoxy) is 1. The van der Waals surface area contributed by atoms with Crippen LogP contribution < -0.4 is 4.74 Å². The van der Waals surface area contributed by atoms with E-state index in [1.165, 1.54) is 0 Å². The van der Waals surface area contributed by atoms with Crippen molar-refractivity contribution in [1.82, 2.24) is 0 Å². The van der Waals surface area contributed by atoms with Crippen molar-refractivity contribution in [3.05, 3.63) is 65.7 Å². The Bertz CT molecular complexity index is 465. The molecule has 88 valence electrons. The van der Waals surface area contributed by atoms with Crippen LogP contribution in [0.1, 0.15) is 24.2 Å². The van der Waals surface area contributed by atoms with Crippen molar-refractivity contribution in [2.45, 2.75) is 13.0 Å². The maximum atomic E-state index is 10.3. The highest BCUT2D eigenvalue weighted by Gasteiger charge is 2.14. The summed E-state index contributed by atoms with van der Waals surface area (Å²) >= 11 is 0. The zero-order valence-corrected chi connectivity index (χ0v) is 9.84. The number of hydrogen-bond acceptors (Lipinski definition) is 2. The molecule has 0 radical (unpaired) electrons. The number of aliphatic hydroxyl groups excluding tert-OH is 1. The van der Waals surface area contributed by atoms with Gasteiger partial charge in [-0.3, -0.25) is 0 Å². The fourth-order valence-electron chi connectivity index (χ4n) is 1.81. The van der Waals surface area contributed by atoms with Crippen molar-refractivity contribution in [1.29, 1.82) is 0 Å². The van der Waals surface area contributed by atoms with Crippen molar-refractivity contribution in [3.63, 3.8) is 0 Å². The first kappa shape index (κ1) is 11.7. The Morgan fingerprint density at radius 3 is 2.35 bits per heavy atom. The number of rotatable bonds is 4. The molecule has 0 bridgehead atoms. The van der Waals surface area contributed by atoms with Crippen LogP contribution in [0, 0.1) is 0 Å². The first-order valence-electron chi connectivity index (χ1n) is 5.77. The summed E-state index contributed by atoms with van der Waals surface area (Å²) in [5, 5.41) is 10.3. The molecular formula is C15H16O2. The lowest BCUT2D eigenvalue weighted by atomic mass is 10.0. The normalized spacial score (nSPS) is 12.1. The van der Waals surface area contributed by atoms with Crippen molar-refractivity contribution < 1.29 is 9.84 Å². The first-order chi connectivity index (χ1) is 8.33. The summed E-state index contributed by atoms with van der Waals surface area (Å²) in [5.41, 5.74) is 1.68. The van der Waals surface area contributed by atoms with Crippen LogP contribution in [0.2, 0.25) is 0 Å². The predicted molar refractivity (Wildman–Crippen MR) is 68.1 cm³/mol. The van der Waals surface area contributed by atoms with Gasteiger partial charge in [0.05, 0.1) is 6.61 Å². The van der Waals surface area contributed by atoms with E-state index in [-0.39, 0.29) is 0 Å². The van der Waals surface area contributed by atoms with Crippen molar-refractivity contribution in [3.8, 4) is 5.75 Å². The molecular weight excluding hydrogens is 212 g/mol. The molecule has 2 nitrogen and oxygen atoms in total. The standard InChI is InChI=1S/C15H16O2/c1-2-17-14-11-7-6-10-13(14)15(16)12-8-4-3-5-9-12/h3-11,15-16H,2H2,1H3. The van der Waals surface area contributed by atoms with Crippen molar-refractivity contribution >= 4 is 0 Å². The third kappa shape index (κ3) is 2.66. The predicted octanol–water partition coefficient (Wildman–Crippen LogP) is 3.17. The fraction of sp³-hybridized carbons (Fsp3) is 0.200. The minimum Gasteiger partial charge on any atom is -0.493 e. The van der Waals surface area contributed by atoms with Crippen LogP contribution in [-0.2, 0) is 0 Å². The second kappa shape index (κ2) is 5.51. The molecule has 0 aliphatic carbocycles. The highest BCUT2D eigenvalue weighted by atomic mass is 16.5. The van der Waals surface area contributed by atoms with Gasteiger partial charge in [-0.1, -0.05) is 48.5 Å². The second-order valence-electron chi connectivity index (χ2n) is 3.78. The van der Waals surface area contributed by atoms with Gasteiger partial charge in [0, 0.05) is 5.56 Å². The molecule has 0 saturated heterocycles. The smallest absolute Gasteiger partial charge is 0.125 e. The summed E-state index contributed by atoms with van der Waals surface area (Å²) < 4.78 is 5.52. The molecule has 0 amide bonds. The molecule has 2 rings (SSSR count). The highest BCUT2D eigenvalue weighted by Crippen LogP contribution is 2.29. The highest BCUT2D eigenvalue weighted by molar-refractivity contribution is 5.40.